The number of halogens is 2. The highest BCUT2D eigenvalue weighted by atomic mass is 19.3. The van der Waals surface area contributed by atoms with Gasteiger partial charge in [-0.05, 0) is 36.6 Å². The topological polar surface area (TPSA) is 72.7 Å². The number of methoxy groups -OCH3 is 1. The predicted octanol–water partition coefficient (Wildman–Crippen LogP) is 2.33. The van der Waals surface area contributed by atoms with Gasteiger partial charge in [0.25, 0.3) is 0 Å². The number of aryl methyl sites for hydroxylation is 2. The van der Waals surface area contributed by atoms with Gasteiger partial charge in [0.15, 0.2) is 5.96 Å². The second-order valence-electron chi connectivity index (χ2n) is 5.83. The SMILES string of the molecule is CN=C(NCCCc1cnn(C)c1)NCc1cc(OC)ccc1OC(F)F. The number of rotatable bonds is 9. The van der Waals surface area contributed by atoms with Crippen molar-refractivity contribution >= 4 is 5.96 Å². The highest BCUT2D eigenvalue weighted by Gasteiger charge is 2.11. The molecule has 0 saturated heterocycles. The summed E-state index contributed by atoms with van der Waals surface area (Å²) in [6, 6.07) is 4.69. The Labute approximate surface area is 157 Å². The highest BCUT2D eigenvalue weighted by molar-refractivity contribution is 5.79. The molecule has 7 nitrogen and oxygen atoms in total. The maximum Gasteiger partial charge on any atom is 0.387 e. The van der Waals surface area contributed by atoms with Gasteiger partial charge in [0.2, 0.25) is 0 Å². The van der Waals surface area contributed by atoms with Crippen molar-refractivity contribution in [1.29, 1.82) is 0 Å². The molecule has 0 atom stereocenters. The summed E-state index contributed by atoms with van der Waals surface area (Å²) in [4.78, 5) is 4.14. The number of nitrogens with zero attached hydrogens (tertiary/aromatic N) is 3. The van der Waals surface area contributed by atoms with Crippen LogP contribution in [0.2, 0.25) is 0 Å². The number of aliphatic imine (C=N–C) groups is 1. The Morgan fingerprint density at radius 3 is 2.78 bits per heavy atom. The Balaban J connectivity index is 1.85. The average molecular weight is 381 g/mol. The largest absolute Gasteiger partial charge is 0.497 e. The third-order valence-corrected chi connectivity index (χ3v) is 3.85. The van der Waals surface area contributed by atoms with E-state index in [1.807, 2.05) is 19.4 Å². The molecular formula is C18H25F2N5O2. The van der Waals surface area contributed by atoms with Crippen molar-refractivity contribution in [2.45, 2.75) is 26.0 Å². The lowest BCUT2D eigenvalue weighted by Gasteiger charge is -2.15. The van der Waals surface area contributed by atoms with Crippen LogP contribution in [0.1, 0.15) is 17.5 Å². The normalized spacial score (nSPS) is 11.6. The molecular weight excluding hydrogens is 356 g/mol. The zero-order chi connectivity index (χ0) is 19.6. The molecule has 0 bridgehead atoms. The molecule has 0 fully saturated rings. The monoisotopic (exact) mass is 381 g/mol. The number of guanidine groups is 1. The van der Waals surface area contributed by atoms with E-state index in [1.54, 1.807) is 23.9 Å². The van der Waals surface area contributed by atoms with Crippen molar-refractivity contribution in [3.05, 3.63) is 41.7 Å². The molecule has 0 aliphatic carbocycles. The minimum Gasteiger partial charge on any atom is -0.497 e. The minimum absolute atomic E-state index is 0.102. The summed E-state index contributed by atoms with van der Waals surface area (Å²) in [5, 5.41) is 10.4. The summed E-state index contributed by atoms with van der Waals surface area (Å²) < 4.78 is 36.6. The highest BCUT2D eigenvalue weighted by Crippen LogP contribution is 2.25. The van der Waals surface area contributed by atoms with Gasteiger partial charge in [-0.15, -0.1) is 0 Å². The van der Waals surface area contributed by atoms with Gasteiger partial charge >= 0.3 is 6.61 Å². The lowest BCUT2D eigenvalue weighted by molar-refractivity contribution is -0.0504. The van der Waals surface area contributed by atoms with E-state index in [-0.39, 0.29) is 12.3 Å². The summed E-state index contributed by atoms with van der Waals surface area (Å²) in [5.41, 5.74) is 1.72. The van der Waals surface area contributed by atoms with Crippen LogP contribution >= 0.6 is 0 Å². The van der Waals surface area contributed by atoms with E-state index in [2.05, 4.69) is 25.5 Å². The fourth-order valence-corrected chi connectivity index (χ4v) is 2.53. The van der Waals surface area contributed by atoms with Crippen LogP contribution in [0, 0.1) is 0 Å². The molecule has 0 unspecified atom stereocenters. The predicted molar refractivity (Wildman–Crippen MR) is 99.4 cm³/mol. The minimum atomic E-state index is -2.89. The quantitative estimate of drug-likeness (QED) is 0.396. The Kier molecular flexibility index (Phi) is 7.84. The van der Waals surface area contributed by atoms with E-state index >= 15 is 0 Å². The van der Waals surface area contributed by atoms with E-state index < -0.39 is 6.61 Å². The lowest BCUT2D eigenvalue weighted by atomic mass is 10.2. The summed E-state index contributed by atoms with van der Waals surface area (Å²) in [7, 11) is 5.06. The summed E-state index contributed by atoms with van der Waals surface area (Å²) in [6.07, 6.45) is 5.65. The molecule has 0 radical (unpaired) electrons. The third-order valence-electron chi connectivity index (χ3n) is 3.85. The zero-order valence-corrected chi connectivity index (χ0v) is 15.7. The number of aromatic nitrogens is 2. The molecule has 2 aromatic rings. The van der Waals surface area contributed by atoms with E-state index in [0.29, 0.717) is 23.8 Å². The van der Waals surface area contributed by atoms with Crippen LogP contribution in [0.3, 0.4) is 0 Å². The molecule has 148 valence electrons. The molecule has 1 aromatic carbocycles. The van der Waals surface area contributed by atoms with Gasteiger partial charge in [-0.1, -0.05) is 0 Å². The van der Waals surface area contributed by atoms with Crippen LogP contribution in [0.25, 0.3) is 0 Å². The van der Waals surface area contributed by atoms with Crippen LogP contribution in [-0.4, -0.2) is 43.1 Å². The van der Waals surface area contributed by atoms with Gasteiger partial charge in [-0.2, -0.15) is 13.9 Å². The first-order chi connectivity index (χ1) is 13.0. The second kappa shape index (κ2) is 10.3. The van der Waals surface area contributed by atoms with Gasteiger partial charge in [0, 0.05) is 38.9 Å². The Morgan fingerprint density at radius 2 is 2.15 bits per heavy atom. The molecule has 0 amide bonds. The van der Waals surface area contributed by atoms with Crippen molar-refractivity contribution in [1.82, 2.24) is 20.4 Å². The molecule has 0 spiro atoms. The molecule has 2 rings (SSSR count). The first-order valence-electron chi connectivity index (χ1n) is 8.55. The Morgan fingerprint density at radius 1 is 1.33 bits per heavy atom. The molecule has 2 N–H and O–H groups in total. The van der Waals surface area contributed by atoms with E-state index in [9.17, 15) is 8.78 Å². The maximum absolute atomic E-state index is 12.6. The van der Waals surface area contributed by atoms with Crippen LogP contribution in [0.5, 0.6) is 11.5 Å². The number of ether oxygens (including phenoxy) is 2. The number of hydrogen-bond donors (Lipinski definition) is 2. The zero-order valence-electron chi connectivity index (χ0n) is 15.7. The smallest absolute Gasteiger partial charge is 0.387 e. The molecule has 27 heavy (non-hydrogen) atoms. The van der Waals surface area contributed by atoms with Gasteiger partial charge in [0.1, 0.15) is 11.5 Å². The molecule has 1 aromatic heterocycles. The van der Waals surface area contributed by atoms with Crippen molar-refractivity contribution in [3.8, 4) is 11.5 Å². The van der Waals surface area contributed by atoms with Gasteiger partial charge in [0.05, 0.1) is 13.3 Å². The van der Waals surface area contributed by atoms with Gasteiger partial charge in [-0.25, -0.2) is 0 Å². The first-order valence-corrected chi connectivity index (χ1v) is 8.55. The molecule has 0 aliphatic rings. The fourth-order valence-electron chi connectivity index (χ4n) is 2.53. The summed E-state index contributed by atoms with van der Waals surface area (Å²) >= 11 is 0. The Hall–Kier alpha value is -2.84. The number of nitrogens with one attached hydrogen (secondary N) is 2. The molecule has 9 heteroatoms. The van der Waals surface area contributed by atoms with Crippen molar-refractivity contribution in [2.24, 2.45) is 12.0 Å². The average Bonchev–Trinajstić information content (AvgIpc) is 3.07. The van der Waals surface area contributed by atoms with Crippen LogP contribution in [-0.2, 0) is 20.0 Å². The van der Waals surface area contributed by atoms with Crippen molar-refractivity contribution in [3.63, 3.8) is 0 Å². The fraction of sp³-hybridized carbons (Fsp3) is 0.444. The number of alkyl halides is 2. The Bertz CT molecular complexity index is 749. The van der Waals surface area contributed by atoms with Crippen molar-refractivity contribution < 1.29 is 18.3 Å². The van der Waals surface area contributed by atoms with E-state index in [0.717, 1.165) is 12.8 Å². The second-order valence-corrected chi connectivity index (χ2v) is 5.83. The van der Waals surface area contributed by atoms with E-state index in [4.69, 9.17) is 4.74 Å². The van der Waals surface area contributed by atoms with Gasteiger partial charge < -0.3 is 20.1 Å². The summed E-state index contributed by atoms with van der Waals surface area (Å²) in [6.45, 7) is -1.91. The number of hydrogen-bond acceptors (Lipinski definition) is 4. The maximum atomic E-state index is 12.6. The lowest BCUT2D eigenvalue weighted by Crippen LogP contribution is -2.37. The number of benzene rings is 1. The molecule has 0 aliphatic heterocycles. The standard InChI is InChI=1S/C18H25F2N5O2/c1-21-18(22-8-4-5-13-10-24-25(2)12-13)23-11-14-9-15(26-3)6-7-16(14)27-17(19)20/h6-7,9-10,12,17H,4-5,8,11H2,1-3H3,(H2,21,22,23). The molecule has 1 heterocycles. The van der Waals surface area contributed by atoms with Gasteiger partial charge in [-0.3, -0.25) is 9.67 Å². The van der Waals surface area contributed by atoms with Crippen LogP contribution in [0.15, 0.2) is 35.6 Å². The first kappa shape index (κ1) is 20.5. The third kappa shape index (κ3) is 6.76. The molecule has 0 saturated carbocycles. The van der Waals surface area contributed by atoms with Crippen LogP contribution in [0.4, 0.5) is 8.78 Å². The summed E-state index contributed by atoms with van der Waals surface area (Å²) in [5.74, 6) is 1.24. The van der Waals surface area contributed by atoms with Crippen molar-refractivity contribution in [2.75, 3.05) is 20.7 Å². The van der Waals surface area contributed by atoms with E-state index in [1.165, 1.54) is 18.7 Å². The van der Waals surface area contributed by atoms with Crippen LogP contribution < -0.4 is 20.1 Å².